The molecule has 110 valence electrons. The summed E-state index contributed by atoms with van der Waals surface area (Å²) in [4.78, 5) is 4.18. The van der Waals surface area contributed by atoms with Crippen LogP contribution in [0.25, 0.3) is 22.6 Å². The molecule has 0 radical (unpaired) electrons. The Morgan fingerprint density at radius 1 is 1.14 bits per heavy atom. The minimum atomic E-state index is -4.53. The van der Waals surface area contributed by atoms with Crippen LogP contribution in [0.15, 0.2) is 46.9 Å². The second kappa shape index (κ2) is 5.19. The Bertz CT molecular complexity index is 842. The summed E-state index contributed by atoms with van der Waals surface area (Å²) in [5.41, 5.74) is 0.410. The summed E-state index contributed by atoms with van der Waals surface area (Å²) in [6.45, 7) is 0. The van der Waals surface area contributed by atoms with Gasteiger partial charge < -0.3 is 4.42 Å². The number of rotatable bonds is 2. The highest BCUT2D eigenvalue weighted by Crippen LogP contribution is 2.35. The number of benzene rings is 2. The van der Waals surface area contributed by atoms with Gasteiger partial charge >= 0.3 is 6.18 Å². The topological polar surface area (TPSA) is 49.8 Å². The first-order chi connectivity index (χ1) is 10.5. The molecule has 6 heteroatoms. The van der Waals surface area contributed by atoms with Gasteiger partial charge in [0.25, 0.3) is 0 Å². The van der Waals surface area contributed by atoms with E-state index in [1.165, 1.54) is 12.1 Å². The van der Waals surface area contributed by atoms with Gasteiger partial charge in [-0.3, -0.25) is 0 Å². The number of aromatic nitrogens is 1. The Hall–Kier alpha value is -2.81. The number of fused-ring (bicyclic) bond motifs is 1. The Labute approximate surface area is 123 Å². The highest BCUT2D eigenvalue weighted by Gasteiger charge is 2.33. The third-order valence-electron chi connectivity index (χ3n) is 3.23. The van der Waals surface area contributed by atoms with Gasteiger partial charge in [-0.1, -0.05) is 18.2 Å². The fourth-order valence-electron chi connectivity index (χ4n) is 2.21. The molecule has 0 saturated carbocycles. The van der Waals surface area contributed by atoms with Crippen LogP contribution in [0, 0.1) is 11.3 Å². The van der Waals surface area contributed by atoms with Crippen molar-refractivity contribution in [2.24, 2.45) is 0 Å². The smallest absolute Gasteiger partial charge is 0.416 e. The van der Waals surface area contributed by atoms with Crippen LogP contribution in [0.3, 0.4) is 0 Å². The number of alkyl halides is 3. The third kappa shape index (κ3) is 2.53. The van der Waals surface area contributed by atoms with E-state index in [0.29, 0.717) is 11.1 Å². The molecular weight excluding hydrogens is 293 g/mol. The molecule has 0 bridgehead atoms. The van der Waals surface area contributed by atoms with Crippen LogP contribution in [0.2, 0.25) is 0 Å². The van der Waals surface area contributed by atoms with Crippen LogP contribution in [0.5, 0.6) is 0 Å². The molecule has 1 heterocycles. The van der Waals surface area contributed by atoms with E-state index in [1.54, 1.807) is 30.3 Å². The zero-order valence-electron chi connectivity index (χ0n) is 11.2. The minimum absolute atomic E-state index is 0.0603. The molecule has 0 saturated heterocycles. The van der Waals surface area contributed by atoms with E-state index in [2.05, 4.69) is 4.98 Å². The summed E-state index contributed by atoms with van der Waals surface area (Å²) in [6.07, 6.45) is -4.84. The van der Waals surface area contributed by atoms with Crippen LogP contribution in [0.1, 0.15) is 11.1 Å². The normalized spacial score (nSPS) is 11.5. The number of nitrogens with zero attached hydrogens (tertiary/aromatic N) is 2. The van der Waals surface area contributed by atoms with Gasteiger partial charge in [-0.15, -0.1) is 0 Å². The van der Waals surface area contributed by atoms with E-state index >= 15 is 0 Å². The summed E-state index contributed by atoms with van der Waals surface area (Å²) in [6, 6.07) is 12.4. The average Bonchev–Trinajstić information content (AvgIpc) is 2.90. The molecule has 3 nitrogen and oxygen atoms in total. The highest BCUT2D eigenvalue weighted by atomic mass is 19.4. The molecule has 0 unspecified atom stereocenters. The van der Waals surface area contributed by atoms with Crippen LogP contribution < -0.4 is 0 Å². The number of para-hydroxylation sites is 2. The molecule has 0 fully saturated rings. The second-order valence-corrected chi connectivity index (χ2v) is 4.69. The van der Waals surface area contributed by atoms with Gasteiger partial charge in [0.15, 0.2) is 5.58 Å². The third-order valence-corrected chi connectivity index (χ3v) is 3.23. The molecule has 1 aromatic heterocycles. The van der Waals surface area contributed by atoms with E-state index in [1.807, 2.05) is 0 Å². The molecule has 2 aromatic carbocycles. The van der Waals surface area contributed by atoms with Crippen molar-refractivity contribution in [3.8, 4) is 17.5 Å². The van der Waals surface area contributed by atoms with Gasteiger partial charge in [0.2, 0.25) is 5.89 Å². The molecule has 0 atom stereocenters. The van der Waals surface area contributed by atoms with Crippen molar-refractivity contribution < 1.29 is 17.6 Å². The first kappa shape index (κ1) is 14.1. The van der Waals surface area contributed by atoms with E-state index in [4.69, 9.17) is 9.68 Å². The quantitative estimate of drug-likeness (QED) is 0.696. The summed E-state index contributed by atoms with van der Waals surface area (Å²) < 4.78 is 44.8. The molecule has 0 aliphatic carbocycles. The van der Waals surface area contributed by atoms with Crippen molar-refractivity contribution in [1.29, 1.82) is 5.26 Å². The fraction of sp³-hybridized carbons (Fsp3) is 0.125. The summed E-state index contributed by atoms with van der Waals surface area (Å²) in [7, 11) is 0. The Balaban J connectivity index is 2.13. The maximum absolute atomic E-state index is 13.1. The predicted octanol–water partition coefficient (Wildman–Crippen LogP) is 4.58. The van der Waals surface area contributed by atoms with Gasteiger partial charge in [0.1, 0.15) is 5.52 Å². The van der Waals surface area contributed by atoms with Crippen LogP contribution in [-0.4, -0.2) is 4.98 Å². The summed E-state index contributed by atoms with van der Waals surface area (Å²) in [5, 5.41) is 8.64. The lowest BCUT2D eigenvalue weighted by molar-refractivity contribution is -0.138. The lowest BCUT2D eigenvalue weighted by Crippen LogP contribution is -2.09. The van der Waals surface area contributed by atoms with Crippen molar-refractivity contribution >= 4 is 11.1 Å². The zero-order valence-corrected chi connectivity index (χ0v) is 11.2. The number of hydrogen-bond donors (Lipinski definition) is 0. The van der Waals surface area contributed by atoms with Gasteiger partial charge in [0.05, 0.1) is 18.1 Å². The van der Waals surface area contributed by atoms with Crippen molar-refractivity contribution in [1.82, 2.24) is 4.98 Å². The van der Waals surface area contributed by atoms with Crippen LogP contribution in [-0.2, 0) is 12.6 Å². The highest BCUT2D eigenvalue weighted by molar-refractivity contribution is 5.76. The average molecular weight is 302 g/mol. The van der Waals surface area contributed by atoms with E-state index < -0.39 is 11.7 Å². The largest absolute Gasteiger partial charge is 0.436 e. The van der Waals surface area contributed by atoms with E-state index in [-0.39, 0.29) is 23.4 Å². The van der Waals surface area contributed by atoms with Gasteiger partial charge in [-0.25, -0.2) is 4.98 Å². The first-order valence-corrected chi connectivity index (χ1v) is 6.42. The van der Waals surface area contributed by atoms with Crippen molar-refractivity contribution in [2.75, 3.05) is 0 Å². The standard InChI is InChI=1S/C16H9F3N2O/c17-16(18,19)12-9-11(6-5-10(12)7-8-20)15-21-13-3-1-2-4-14(13)22-15/h1-6,9H,7H2. The van der Waals surface area contributed by atoms with Gasteiger partial charge in [-0.05, 0) is 29.8 Å². The lowest BCUT2D eigenvalue weighted by atomic mass is 10.0. The molecule has 22 heavy (non-hydrogen) atoms. The molecule has 0 aliphatic rings. The van der Waals surface area contributed by atoms with Gasteiger partial charge in [0, 0.05) is 5.56 Å². The molecule has 0 spiro atoms. The van der Waals surface area contributed by atoms with Crippen LogP contribution in [0.4, 0.5) is 13.2 Å². The monoisotopic (exact) mass is 302 g/mol. The molecule has 0 aliphatic heterocycles. The second-order valence-electron chi connectivity index (χ2n) is 4.69. The lowest BCUT2D eigenvalue weighted by Gasteiger charge is -2.11. The van der Waals surface area contributed by atoms with Crippen molar-refractivity contribution in [3.63, 3.8) is 0 Å². The summed E-state index contributed by atoms with van der Waals surface area (Å²) >= 11 is 0. The first-order valence-electron chi connectivity index (χ1n) is 6.42. The maximum Gasteiger partial charge on any atom is 0.416 e. The zero-order chi connectivity index (χ0) is 15.7. The Kier molecular flexibility index (Phi) is 3.33. The fourth-order valence-corrected chi connectivity index (χ4v) is 2.21. The molecule has 3 rings (SSSR count). The molecule has 0 amide bonds. The van der Waals surface area contributed by atoms with Crippen molar-refractivity contribution in [2.45, 2.75) is 12.6 Å². The predicted molar refractivity (Wildman–Crippen MR) is 73.8 cm³/mol. The number of nitriles is 1. The number of halogens is 3. The summed E-state index contributed by atoms with van der Waals surface area (Å²) in [5.74, 6) is 0.121. The minimum Gasteiger partial charge on any atom is -0.436 e. The Morgan fingerprint density at radius 2 is 1.91 bits per heavy atom. The molecule has 3 aromatic rings. The van der Waals surface area contributed by atoms with Crippen molar-refractivity contribution in [3.05, 3.63) is 53.6 Å². The van der Waals surface area contributed by atoms with E-state index in [9.17, 15) is 13.2 Å². The van der Waals surface area contributed by atoms with Crippen LogP contribution >= 0.6 is 0 Å². The van der Waals surface area contributed by atoms with Gasteiger partial charge in [-0.2, -0.15) is 18.4 Å². The number of oxazole rings is 1. The molecular formula is C16H9F3N2O. The number of hydrogen-bond acceptors (Lipinski definition) is 3. The van der Waals surface area contributed by atoms with E-state index in [0.717, 1.165) is 6.07 Å². The maximum atomic E-state index is 13.1. The molecule has 0 N–H and O–H groups in total. The SMILES string of the molecule is N#CCc1ccc(-c2nc3ccccc3o2)cc1C(F)(F)F. The Morgan fingerprint density at radius 3 is 2.59 bits per heavy atom.